The number of rotatable bonds is 15. The van der Waals surface area contributed by atoms with E-state index in [-0.39, 0.29) is 31.6 Å². The number of nitrogens with one attached hydrogen (secondary N) is 4. The van der Waals surface area contributed by atoms with Crippen LogP contribution < -0.4 is 21.7 Å². The van der Waals surface area contributed by atoms with E-state index in [0.29, 0.717) is 5.69 Å². The molecule has 0 radical (unpaired) electrons. The maximum absolute atomic E-state index is 13.6. The monoisotopic (exact) mass is 562 g/mol. The first-order chi connectivity index (χ1) is 19.6. The van der Waals surface area contributed by atoms with E-state index in [4.69, 9.17) is 5.73 Å². The van der Waals surface area contributed by atoms with Crippen molar-refractivity contribution < 1.29 is 24.3 Å². The lowest BCUT2D eigenvalue weighted by atomic mass is 10.0. The number of nitrogens with zero attached hydrogens (tertiary/aromatic N) is 1. The summed E-state index contributed by atoms with van der Waals surface area (Å²) in [6.07, 6.45) is 3.75. The molecule has 4 atom stereocenters. The van der Waals surface area contributed by atoms with E-state index in [1.807, 2.05) is 74.5 Å². The van der Waals surface area contributed by atoms with Gasteiger partial charge in [-0.25, -0.2) is 9.78 Å². The van der Waals surface area contributed by atoms with Gasteiger partial charge in [-0.1, -0.05) is 74.5 Å². The van der Waals surface area contributed by atoms with Gasteiger partial charge in [-0.15, -0.1) is 0 Å². The van der Waals surface area contributed by atoms with E-state index < -0.39 is 47.9 Å². The Morgan fingerprint density at radius 3 is 1.71 bits per heavy atom. The number of aliphatic carboxylic acids is 1. The molecule has 0 spiro atoms. The van der Waals surface area contributed by atoms with Crippen LogP contribution in [-0.4, -0.2) is 62.9 Å². The Hall–Kier alpha value is -4.51. The number of amides is 3. The number of imidazole rings is 1. The quantitative estimate of drug-likeness (QED) is 0.162. The van der Waals surface area contributed by atoms with Crippen LogP contribution in [0, 0.1) is 5.92 Å². The third kappa shape index (κ3) is 10.2. The minimum Gasteiger partial charge on any atom is -0.480 e. The Kier molecular flexibility index (Phi) is 11.6. The van der Waals surface area contributed by atoms with Gasteiger partial charge in [0.1, 0.15) is 18.1 Å². The summed E-state index contributed by atoms with van der Waals surface area (Å²) in [5.41, 5.74) is 8.35. The van der Waals surface area contributed by atoms with Crippen LogP contribution in [0.5, 0.6) is 0 Å². The Morgan fingerprint density at radius 2 is 1.27 bits per heavy atom. The lowest BCUT2D eigenvalue weighted by Gasteiger charge is -2.26. The summed E-state index contributed by atoms with van der Waals surface area (Å²) < 4.78 is 0. The van der Waals surface area contributed by atoms with E-state index >= 15 is 0 Å². The average Bonchev–Trinajstić information content (AvgIpc) is 3.45. The summed E-state index contributed by atoms with van der Waals surface area (Å²) in [7, 11) is 0. The first-order valence-corrected chi connectivity index (χ1v) is 13.6. The van der Waals surface area contributed by atoms with Gasteiger partial charge >= 0.3 is 5.97 Å². The minimum atomic E-state index is -1.16. The molecule has 0 aliphatic heterocycles. The number of benzene rings is 2. The summed E-state index contributed by atoms with van der Waals surface area (Å²) in [4.78, 5) is 58.7. The molecule has 0 bridgehead atoms. The number of hydrogen-bond acceptors (Lipinski definition) is 6. The predicted molar refractivity (Wildman–Crippen MR) is 153 cm³/mol. The summed E-state index contributed by atoms with van der Waals surface area (Å²) in [5.74, 6) is -2.89. The van der Waals surface area contributed by atoms with Crippen molar-refractivity contribution in [3.8, 4) is 0 Å². The van der Waals surface area contributed by atoms with Crippen molar-refractivity contribution in [2.45, 2.75) is 63.7 Å². The number of carboxylic acids is 1. The third-order valence-corrected chi connectivity index (χ3v) is 6.48. The molecule has 218 valence electrons. The molecule has 0 aliphatic carbocycles. The fourth-order valence-electron chi connectivity index (χ4n) is 4.36. The molecule has 4 unspecified atom stereocenters. The number of H-pyrrole nitrogens is 1. The molecule has 41 heavy (non-hydrogen) atoms. The molecule has 1 heterocycles. The third-order valence-electron chi connectivity index (χ3n) is 6.48. The molecule has 11 nitrogen and oxygen atoms in total. The van der Waals surface area contributed by atoms with Gasteiger partial charge < -0.3 is 31.8 Å². The molecule has 3 amide bonds. The normalized spacial score (nSPS) is 14.0. The zero-order chi connectivity index (χ0) is 29.8. The van der Waals surface area contributed by atoms with E-state index in [2.05, 4.69) is 25.9 Å². The Balaban J connectivity index is 1.81. The largest absolute Gasteiger partial charge is 0.480 e. The summed E-state index contributed by atoms with van der Waals surface area (Å²) in [6, 6.07) is 14.0. The number of carboxylic acid groups (broad SMARTS) is 1. The van der Waals surface area contributed by atoms with Gasteiger partial charge in [0.05, 0.1) is 12.4 Å². The molecule has 1 aromatic heterocycles. The fourth-order valence-corrected chi connectivity index (χ4v) is 4.36. The SMILES string of the molecule is CC(C)CC(NC(=O)C(Cc1ccccc1)NC(=O)C(Cc1ccccc1)NC(=O)C(N)Cc1cnc[nH]1)C(=O)O. The highest BCUT2D eigenvalue weighted by molar-refractivity contribution is 5.94. The molecule has 0 aliphatic rings. The Labute approximate surface area is 239 Å². The van der Waals surface area contributed by atoms with Gasteiger partial charge in [0.2, 0.25) is 17.7 Å². The van der Waals surface area contributed by atoms with Crippen molar-refractivity contribution in [3.63, 3.8) is 0 Å². The van der Waals surface area contributed by atoms with Crippen molar-refractivity contribution in [3.05, 3.63) is 90.0 Å². The molecule has 0 saturated carbocycles. The molecule has 11 heteroatoms. The molecule has 7 N–H and O–H groups in total. The van der Waals surface area contributed by atoms with E-state index in [0.717, 1.165) is 11.1 Å². The highest BCUT2D eigenvalue weighted by atomic mass is 16.4. The molecule has 3 aromatic rings. The number of aromatic amines is 1. The van der Waals surface area contributed by atoms with Crippen LogP contribution >= 0.6 is 0 Å². The van der Waals surface area contributed by atoms with Crippen molar-refractivity contribution >= 4 is 23.7 Å². The molecule has 0 saturated heterocycles. The molecule has 0 fully saturated rings. The standard InChI is InChI=1S/C30H38N6O5/c1-19(2)13-26(30(40)41)36-29(39)25(15-21-11-7-4-8-12-21)35-28(38)24(14-20-9-5-3-6-10-20)34-27(37)23(31)16-22-17-32-18-33-22/h3-12,17-19,23-26H,13-16,31H2,1-2H3,(H,32,33)(H,34,37)(H,35,38)(H,36,39)(H,40,41). The van der Waals surface area contributed by atoms with Gasteiger partial charge in [-0.3, -0.25) is 14.4 Å². The lowest BCUT2D eigenvalue weighted by Crippen LogP contribution is -2.58. The highest BCUT2D eigenvalue weighted by Gasteiger charge is 2.31. The van der Waals surface area contributed by atoms with Crippen LogP contribution in [0.2, 0.25) is 0 Å². The smallest absolute Gasteiger partial charge is 0.326 e. The second-order valence-corrected chi connectivity index (χ2v) is 10.4. The van der Waals surface area contributed by atoms with E-state index in [9.17, 15) is 24.3 Å². The summed E-state index contributed by atoms with van der Waals surface area (Å²) in [5, 5.41) is 17.7. The first-order valence-electron chi connectivity index (χ1n) is 13.6. The second kappa shape index (κ2) is 15.3. The zero-order valence-electron chi connectivity index (χ0n) is 23.2. The van der Waals surface area contributed by atoms with Gasteiger partial charge in [0, 0.05) is 31.2 Å². The van der Waals surface area contributed by atoms with E-state index in [1.165, 1.54) is 6.33 Å². The van der Waals surface area contributed by atoms with Crippen molar-refractivity contribution in [1.82, 2.24) is 25.9 Å². The van der Waals surface area contributed by atoms with Crippen molar-refractivity contribution in [2.75, 3.05) is 0 Å². The number of hydrogen-bond donors (Lipinski definition) is 6. The topological polar surface area (TPSA) is 179 Å². The van der Waals surface area contributed by atoms with Gasteiger partial charge in [0.25, 0.3) is 0 Å². The molecular weight excluding hydrogens is 524 g/mol. The van der Waals surface area contributed by atoms with Gasteiger partial charge in [-0.2, -0.15) is 0 Å². The lowest BCUT2D eigenvalue weighted by molar-refractivity contribution is -0.142. The molecule has 2 aromatic carbocycles. The van der Waals surface area contributed by atoms with Crippen LogP contribution in [0.15, 0.2) is 73.2 Å². The van der Waals surface area contributed by atoms with Gasteiger partial charge in [0.15, 0.2) is 0 Å². The van der Waals surface area contributed by atoms with Crippen molar-refractivity contribution in [1.29, 1.82) is 0 Å². The average molecular weight is 563 g/mol. The van der Waals surface area contributed by atoms with Gasteiger partial charge in [-0.05, 0) is 23.5 Å². The number of nitrogens with two attached hydrogens (primary N) is 1. The van der Waals surface area contributed by atoms with Crippen LogP contribution in [0.4, 0.5) is 0 Å². The van der Waals surface area contributed by atoms with Crippen LogP contribution in [-0.2, 0) is 38.4 Å². The number of carbonyl (C=O) groups is 4. The Morgan fingerprint density at radius 1 is 0.780 bits per heavy atom. The fraction of sp³-hybridized carbons (Fsp3) is 0.367. The minimum absolute atomic E-state index is 0.0231. The maximum atomic E-state index is 13.6. The predicted octanol–water partition coefficient (Wildman–Crippen LogP) is 1.35. The second-order valence-electron chi connectivity index (χ2n) is 10.4. The van der Waals surface area contributed by atoms with Crippen LogP contribution in [0.1, 0.15) is 37.1 Å². The van der Waals surface area contributed by atoms with Crippen LogP contribution in [0.25, 0.3) is 0 Å². The highest BCUT2D eigenvalue weighted by Crippen LogP contribution is 2.10. The molecule has 3 rings (SSSR count). The summed E-state index contributed by atoms with van der Waals surface area (Å²) >= 11 is 0. The van der Waals surface area contributed by atoms with Crippen LogP contribution in [0.3, 0.4) is 0 Å². The zero-order valence-corrected chi connectivity index (χ0v) is 23.2. The Bertz CT molecular complexity index is 1270. The van der Waals surface area contributed by atoms with Crippen molar-refractivity contribution in [2.24, 2.45) is 11.7 Å². The first kappa shape index (κ1) is 31.0. The van der Waals surface area contributed by atoms with E-state index in [1.54, 1.807) is 6.20 Å². The number of aromatic nitrogens is 2. The number of carbonyl (C=O) groups excluding carboxylic acids is 3. The molecular formula is C30H38N6O5. The summed E-state index contributed by atoms with van der Waals surface area (Å²) in [6.45, 7) is 3.72. The maximum Gasteiger partial charge on any atom is 0.326 e.